The van der Waals surface area contributed by atoms with Crippen molar-refractivity contribution in [3.8, 4) is 5.88 Å². The lowest BCUT2D eigenvalue weighted by Gasteiger charge is -2.33. The predicted molar refractivity (Wildman–Crippen MR) is 102 cm³/mol. The van der Waals surface area contributed by atoms with E-state index >= 15 is 0 Å². The molecule has 2 aliphatic carbocycles. The van der Waals surface area contributed by atoms with Crippen molar-refractivity contribution in [3.63, 3.8) is 0 Å². The number of ether oxygens (including phenoxy) is 1. The van der Waals surface area contributed by atoms with Crippen molar-refractivity contribution in [1.82, 2.24) is 20.2 Å². The first-order chi connectivity index (χ1) is 13.6. The first-order valence-electron chi connectivity index (χ1n) is 9.95. The minimum atomic E-state index is -0.442. The lowest BCUT2D eigenvalue weighted by molar-refractivity contribution is -0.121. The molecule has 0 unspecified atom stereocenters. The van der Waals surface area contributed by atoms with Crippen LogP contribution in [0.3, 0.4) is 0 Å². The number of aliphatic hydroxyl groups excluding tert-OH is 1. The first-order valence-corrected chi connectivity index (χ1v) is 9.95. The van der Waals surface area contributed by atoms with E-state index in [1.165, 1.54) is 0 Å². The van der Waals surface area contributed by atoms with Gasteiger partial charge in [0.25, 0.3) is 0 Å². The average Bonchev–Trinajstić information content (AvgIpc) is 3.32. The van der Waals surface area contributed by atoms with Gasteiger partial charge in [0.15, 0.2) is 0 Å². The summed E-state index contributed by atoms with van der Waals surface area (Å²) in [5.74, 6) is 1.72. The number of nitrogens with one attached hydrogen (secondary N) is 2. The molecular formula is C19H24N6O3. The average molecular weight is 384 g/mol. The molecule has 1 spiro atoms. The Kier molecular flexibility index (Phi) is 4.01. The number of aliphatic hydroxyl groups is 1. The normalized spacial score (nSPS) is 25.1. The Hall–Kier alpha value is -2.68. The van der Waals surface area contributed by atoms with Crippen LogP contribution < -0.4 is 15.0 Å². The van der Waals surface area contributed by atoms with E-state index < -0.39 is 5.41 Å². The zero-order valence-electron chi connectivity index (χ0n) is 15.8. The second-order valence-electron chi connectivity index (χ2n) is 7.83. The van der Waals surface area contributed by atoms with E-state index in [0.717, 1.165) is 37.7 Å². The first kappa shape index (κ1) is 17.4. The topological polar surface area (TPSA) is 116 Å². The number of aromatic nitrogens is 4. The standard InChI is InChI=1S/C19H24N6O3/c1-2-28-16-14(10-21-24-16)22-18-20-9-13-15(23-18)25(17(27)19(13)6-7-19)11-4-3-5-12(26)8-11/h9-12,26H,2-8H2,1H3,(H,21,24)(H,20,22,23)/t11-,12-/m1/s1. The lowest BCUT2D eigenvalue weighted by atomic mass is 9.92. The molecule has 2 saturated carbocycles. The van der Waals surface area contributed by atoms with E-state index in [-0.39, 0.29) is 18.1 Å². The molecule has 2 atom stereocenters. The van der Waals surface area contributed by atoms with E-state index in [1.54, 1.807) is 12.4 Å². The highest BCUT2D eigenvalue weighted by Crippen LogP contribution is 2.57. The minimum absolute atomic E-state index is 0.00867. The van der Waals surface area contributed by atoms with Crippen molar-refractivity contribution in [1.29, 1.82) is 0 Å². The molecule has 3 aliphatic rings. The fourth-order valence-electron chi connectivity index (χ4n) is 4.45. The third kappa shape index (κ3) is 2.64. The second kappa shape index (κ2) is 6.44. The zero-order valence-corrected chi connectivity index (χ0v) is 15.8. The molecule has 3 heterocycles. The van der Waals surface area contributed by atoms with Crippen molar-refractivity contribution < 1.29 is 14.6 Å². The number of hydrogen-bond donors (Lipinski definition) is 3. The number of carbonyl (C=O) groups excluding carboxylic acids is 1. The molecule has 9 nitrogen and oxygen atoms in total. The fraction of sp³-hybridized carbons (Fsp3) is 0.579. The van der Waals surface area contributed by atoms with Crippen LogP contribution in [0.1, 0.15) is 51.0 Å². The number of amides is 1. The molecular weight excluding hydrogens is 360 g/mol. The maximum absolute atomic E-state index is 13.2. The number of nitrogens with zero attached hydrogens (tertiary/aromatic N) is 4. The Balaban J connectivity index is 1.48. The smallest absolute Gasteiger partial charge is 0.239 e. The maximum Gasteiger partial charge on any atom is 0.239 e. The van der Waals surface area contributed by atoms with E-state index in [9.17, 15) is 9.90 Å². The molecule has 148 valence electrons. The molecule has 9 heteroatoms. The largest absolute Gasteiger partial charge is 0.477 e. The molecule has 5 rings (SSSR count). The predicted octanol–water partition coefficient (Wildman–Crippen LogP) is 2.02. The lowest BCUT2D eigenvalue weighted by Crippen LogP contribution is -2.44. The van der Waals surface area contributed by atoms with Crippen LogP contribution in [0.5, 0.6) is 5.88 Å². The van der Waals surface area contributed by atoms with Crippen LogP contribution in [0.2, 0.25) is 0 Å². The van der Waals surface area contributed by atoms with E-state index in [0.29, 0.717) is 36.4 Å². The van der Waals surface area contributed by atoms with Gasteiger partial charge in [-0.2, -0.15) is 10.1 Å². The molecule has 0 saturated heterocycles. The number of carbonyl (C=O) groups is 1. The van der Waals surface area contributed by atoms with Gasteiger partial charge in [-0.05, 0) is 45.4 Å². The summed E-state index contributed by atoms with van der Waals surface area (Å²) >= 11 is 0. The number of aromatic amines is 1. The molecule has 2 aromatic rings. The highest BCUT2D eigenvalue weighted by molar-refractivity contribution is 6.09. The van der Waals surface area contributed by atoms with Crippen LogP contribution in [-0.4, -0.2) is 49.9 Å². The van der Waals surface area contributed by atoms with Gasteiger partial charge in [-0.15, -0.1) is 0 Å². The van der Waals surface area contributed by atoms with Crippen molar-refractivity contribution >= 4 is 23.4 Å². The Morgan fingerprint density at radius 3 is 3.00 bits per heavy atom. The Morgan fingerprint density at radius 1 is 1.39 bits per heavy atom. The van der Waals surface area contributed by atoms with Gasteiger partial charge in [0.1, 0.15) is 11.5 Å². The summed E-state index contributed by atoms with van der Waals surface area (Å²) in [7, 11) is 0. The Morgan fingerprint density at radius 2 is 2.25 bits per heavy atom. The van der Waals surface area contributed by atoms with Crippen molar-refractivity contribution in [2.75, 3.05) is 16.8 Å². The van der Waals surface area contributed by atoms with Gasteiger partial charge in [0, 0.05) is 17.8 Å². The number of hydrogen-bond acceptors (Lipinski definition) is 7. The highest BCUT2D eigenvalue weighted by Gasteiger charge is 2.61. The summed E-state index contributed by atoms with van der Waals surface area (Å²) in [6.45, 7) is 2.41. The fourth-order valence-corrected chi connectivity index (χ4v) is 4.45. The maximum atomic E-state index is 13.2. The third-order valence-corrected chi connectivity index (χ3v) is 6.01. The quantitative estimate of drug-likeness (QED) is 0.722. The summed E-state index contributed by atoms with van der Waals surface area (Å²) in [6, 6.07) is -0.00867. The monoisotopic (exact) mass is 384 g/mol. The molecule has 0 aromatic carbocycles. The Bertz CT molecular complexity index is 909. The van der Waals surface area contributed by atoms with Crippen LogP contribution in [0.15, 0.2) is 12.4 Å². The molecule has 3 N–H and O–H groups in total. The van der Waals surface area contributed by atoms with Gasteiger partial charge < -0.3 is 15.2 Å². The third-order valence-electron chi connectivity index (χ3n) is 6.01. The van der Waals surface area contributed by atoms with Gasteiger partial charge in [0.2, 0.25) is 17.7 Å². The molecule has 1 amide bonds. The van der Waals surface area contributed by atoms with Gasteiger partial charge in [-0.3, -0.25) is 9.69 Å². The van der Waals surface area contributed by atoms with Gasteiger partial charge >= 0.3 is 0 Å². The van der Waals surface area contributed by atoms with E-state index in [1.807, 2.05) is 11.8 Å². The van der Waals surface area contributed by atoms with Crippen molar-refractivity contribution in [2.45, 2.75) is 63.0 Å². The molecule has 2 aromatic heterocycles. The summed E-state index contributed by atoms with van der Waals surface area (Å²) < 4.78 is 5.50. The summed E-state index contributed by atoms with van der Waals surface area (Å²) in [4.78, 5) is 24.2. The molecule has 28 heavy (non-hydrogen) atoms. The molecule has 0 radical (unpaired) electrons. The number of rotatable bonds is 5. The zero-order chi connectivity index (χ0) is 19.3. The van der Waals surface area contributed by atoms with Crippen LogP contribution in [0.4, 0.5) is 17.5 Å². The van der Waals surface area contributed by atoms with Crippen molar-refractivity contribution in [2.24, 2.45) is 0 Å². The summed E-state index contributed by atoms with van der Waals surface area (Å²) in [6.07, 6.45) is 7.93. The van der Waals surface area contributed by atoms with E-state index in [4.69, 9.17) is 9.72 Å². The Labute approximate surface area is 162 Å². The molecule has 0 bridgehead atoms. The van der Waals surface area contributed by atoms with E-state index in [2.05, 4.69) is 20.5 Å². The van der Waals surface area contributed by atoms with Gasteiger partial charge in [-0.25, -0.2) is 10.1 Å². The highest BCUT2D eigenvalue weighted by atomic mass is 16.5. The van der Waals surface area contributed by atoms with Crippen LogP contribution in [0.25, 0.3) is 0 Å². The summed E-state index contributed by atoms with van der Waals surface area (Å²) in [5, 5.41) is 20.0. The molecule has 1 aliphatic heterocycles. The second-order valence-corrected chi connectivity index (χ2v) is 7.83. The summed E-state index contributed by atoms with van der Waals surface area (Å²) in [5.41, 5.74) is 1.12. The number of H-pyrrole nitrogens is 1. The van der Waals surface area contributed by atoms with Gasteiger partial charge in [-0.1, -0.05) is 0 Å². The van der Waals surface area contributed by atoms with Gasteiger partial charge in [0.05, 0.1) is 24.3 Å². The molecule has 2 fully saturated rings. The van der Waals surface area contributed by atoms with Crippen LogP contribution >= 0.6 is 0 Å². The van der Waals surface area contributed by atoms with Crippen LogP contribution in [-0.2, 0) is 10.2 Å². The minimum Gasteiger partial charge on any atom is -0.477 e. The van der Waals surface area contributed by atoms with Crippen LogP contribution in [0, 0.1) is 0 Å². The number of anilines is 3. The van der Waals surface area contributed by atoms with Crippen molar-refractivity contribution in [3.05, 3.63) is 18.0 Å². The SMILES string of the molecule is CCOc1[nH]ncc1Nc1ncc2c(n1)N([C@@H]1CCC[C@@H](O)C1)C(=O)C21CC1. The number of fused-ring (bicyclic) bond motifs is 2.